The predicted molar refractivity (Wildman–Crippen MR) is 159 cm³/mol. The van der Waals surface area contributed by atoms with E-state index in [0.717, 1.165) is 16.9 Å². The second-order valence-corrected chi connectivity index (χ2v) is 10.8. The number of carbonyl (C=O) groups excluding carboxylic acids is 2. The lowest BCUT2D eigenvalue weighted by molar-refractivity contribution is -0.124. The third-order valence-corrected chi connectivity index (χ3v) is 8.64. The topological polar surface area (TPSA) is 69.3 Å². The van der Waals surface area contributed by atoms with Crippen molar-refractivity contribution in [3.8, 4) is 6.07 Å². The first-order valence-electron chi connectivity index (χ1n) is 13.6. The van der Waals surface area contributed by atoms with Crippen molar-refractivity contribution in [2.24, 2.45) is 0 Å². The molecule has 0 bridgehead atoms. The Bertz CT molecular complexity index is 1820. The number of rotatable bonds is 4. The SMILES string of the molecule is N#CC1=C(n2cccc2)N(c2ccccc2)C2=C(C(=O)CCC2)[C@]12C(=O)N(Cc1ccccc1Cl)c1ccccc12. The highest BCUT2D eigenvalue weighted by molar-refractivity contribution is 6.31. The highest BCUT2D eigenvalue weighted by atomic mass is 35.5. The average molecular weight is 557 g/mol. The molecule has 0 saturated carbocycles. The summed E-state index contributed by atoms with van der Waals surface area (Å²) in [5, 5.41) is 11.6. The zero-order valence-electron chi connectivity index (χ0n) is 22.1. The number of hydrogen-bond donors (Lipinski definition) is 0. The molecule has 1 atom stereocenters. The number of nitrogens with zero attached hydrogens (tertiary/aromatic N) is 4. The lowest BCUT2D eigenvalue weighted by atomic mass is 9.63. The molecule has 1 aromatic heterocycles. The van der Waals surface area contributed by atoms with Gasteiger partial charge in [-0.15, -0.1) is 0 Å². The molecule has 3 aliphatic rings. The summed E-state index contributed by atoms with van der Waals surface area (Å²) in [6.45, 7) is 0.216. The molecule has 3 aromatic carbocycles. The van der Waals surface area contributed by atoms with Crippen molar-refractivity contribution < 1.29 is 9.59 Å². The van der Waals surface area contributed by atoms with Gasteiger partial charge in [0.25, 0.3) is 0 Å². The maximum absolute atomic E-state index is 15.1. The lowest BCUT2D eigenvalue weighted by Crippen LogP contribution is -2.51. The van der Waals surface area contributed by atoms with Gasteiger partial charge in [0.2, 0.25) is 5.91 Å². The van der Waals surface area contributed by atoms with Crippen molar-refractivity contribution >= 4 is 40.5 Å². The zero-order chi connectivity index (χ0) is 28.1. The molecule has 1 aliphatic carbocycles. The van der Waals surface area contributed by atoms with Crippen LogP contribution in [-0.2, 0) is 21.5 Å². The molecule has 1 spiro atoms. The van der Waals surface area contributed by atoms with Crippen LogP contribution in [0, 0.1) is 11.3 Å². The van der Waals surface area contributed by atoms with E-state index in [0.29, 0.717) is 46.9 Å². The second kappa shape index (κ2) is 9.65. The van der Waals surface area contributed by atoms with Crippen molar-refractivity contribution in [1.29, 1.82) is 5.26 Å². The van der Waals surface area contributed by atoms with E-state index < -0.39 is 5.41 Å². The first kappa shape index (κ1) is 25.1. The highest BCUT2D eigenvalue weighted by Crippen LogP contribution is 2.58. The van der Waals surface area contributed by atoms with E-state index in [1.54, 1.807) is 11.0 Å². The van der Waals surface area contributed by atoms with Crippen molar-refractivity contribution in [3.63, 3.8) is 0 Å². The molecule has 0 fully saturated rings. The van der Waals surface area contributed by atoms with Gasteiger partial charge < -0.3 is 9.47 Å². The number of allylic oxidation sites excluding steroid dienone is 1. The summed E-state index contributed by atoms with van der Waals surface area (Å²) in [7, 11) is 0. The van der Waals surface area contributed by atoms with Crippen molar-refractivity contribution in [3.05, 3.63) is 136 Å². The number of fused-ring (bicyclic) bond motifs is 3. The molecule has 0 unspecified atom stereocenters. The minimum Gasteiger partial charge on any atom is -0.309 e. The number of nitriles is 1. The minimum absolute atomic E-state index is 0.103. The largest absolute Gasteiger partial charge is 0.309 e. The number of hydrogen-bond acceptors (Lipinski definition) is 4. The smallest absolute Gasteiger partial charge is 0.248 e. The van der Waals surface area contributed by atoms with Crippen LogP contribution in [0.3, 0.4) is 0 Å². The van der Waals surface area contributed by atoms with Crippen LogP contribution in [0.5, 0.6) is 0 Å². The Labute approximate surface area is 243 Å². The van der Waals surface area contributed by atoms with Gasteiger partial charge in [-0.05, 0) is 54.8 Å². The van der Waals surface area contributed by atoms with E-state index in [9.17, 15) is 10.1 Å². The molecule has 4 aromatic rings. The Morgan fingerprint density at radius 1 is 0.854 bits per heavy atom. The third-order valence-electron chi connectivity index (χ3n) is 8.27. The van der Waals surface area contributed by atoms with Crippen molar-refractivity contribution in [2.45, 2.75) is 31.2 Å². The summed E-state index contributed by atoms with van der Waals surface area (Å²) in [4.78, 5) is 32.8. The first-order valence-corrected chi connectivity index (χ1v) is 14.0. The van der Waals surface area contributed by atoms with Crippen molar-refractivity contribution in [2.75, 3.05) is 9.80 Å². The summed E-state index contributed by atoms with van der Waals surface area (Å²) in [6.07, 6.45) is 5.33. The van der Waals surface area contributed by atoms with Crippen molar-refractivity contribution in [1.82, 2.24) is 4.57 Å². The molecule has 200 valence electrons. The minimum atomic E-state index is -1.58. The maximum atomic E-state index is 15.1. The van der Waals surface area contributed by atoms with Gasteiger partial charge in [0.05, 0.1) is 12.1 Å². The predicted octanol–water partition coefficient (Wildman–Crippen LogP) is 6.85. The molecule has 3 heterocycles. The molecule has 0 radical (unpaired) electrons. The van der Waals surface area contributed by atoms with Crippen LogP contribution >= 0.6 is 11.6 Å². The van der Waals surface area contributed by atoms with Crippen LogP contribution in [0.15, 0.2) is 120 Å². The van der Waals surface area contributed by atoms with Crippen LogP contribution in [0.4, 0.5) is 11.4 Å². The van der Waals surface area contributed by atoms with Gasteiger partial charge in [-0.1, -0.05) is 66.2 Å². The maximum Gasteiger partial charge on any atom is 0.248 e. The fourth-order valence-electron chi connectivity index (χ4n) is 6.61. The molecule has 6 nitrogen and oxygen atoms in total. The first-order chi connectivity index (χ1) is 20.1. The summed E-state index contributed by atoms with van der Waals surface area (Å²) < 4.78 is 1.88. The Hall–Kier alpha value is -4.86. The fourth-order valence-corrected chi connectivity index (χ4v) is 6.80. The van der Waals surface area contributed by atoms with Crippen LogP contribution in [-0.4, -0.2) is 16.3 Å². The van der Waals surface area contributed by atoms with Gasteiger partial charge in [-0.2, -0.15) is 5.26 Å². The van der Waals surface area contributed by atoms with E-state index in [1.807, 2.05) is 107 Å². The van der Waals surface area contributed by atoms with E-state index in [4.69, 9.17) is 11.6 Å². The van der Waals surface area contributed by atoms with Gasteiger partial charge in [0.15, 0.2) is 5.78 Å². The summed E-state index contributed by atoms with van der Waals surface area (Å²) in [6, 6.07) is 30.9. The Kier molecular flexibility index (Phi) is 5.92. The number of Topliss-reactive ketones (excluding diaryl/α,β-unsaturated/α-hetero) is 1. The fraction of sp³-hybridized carbons (Fsp3) is 0.147. The summed E-state index contributed by atoms with van der Waals surface area (Å²) in [5.41, 5.74) is 2.75. The van der Waals surface area contributed by atoms with E-state index in [-0.39, 0.29) is 23.8 Å². The summed E-state index contributed by atoms with van der Waals surface area (Å²) >= 11 is 6.55. The number of benzene rings is 3. The van der Waals surface area contributed by atoms with Gasteiger partial charge in [0.1, 0.15) is 17.3 Å². The summed E-state index contributed by atoms with van der Waals surface area (Å²) in [5.74, 6) is 0.143. The van der Waals surface area contributed by atoms with Crippen LogP contribution in [0.2, 0.25) is 5.02 Å². The zero-order valence-corrected chi connectivity index (χ0v) is 22.9. The lowest BCUT2D eigenvalue weighted by Gasteiger charge is -2.45. The number of aromatic nitrogens is 1. The Morgan fingerprint density at radius 2 is 1.56 bits per heavy atom. The number of halogens is 1. The quantitative estimate of drug-likeness (QED) is 0.276. The number of amides is 1. The van der Waals surface area contributed by atoms with Crippen LogP contribution < -0.4 is 9.80 Å². The van der Waals surface area contributed by atoms with E-state index >= 15 is 4.79 Å². The average Bonchev–Trinajstić information content (AvgIpc) is 3.61. The molecule has 2 aliphatic heterocycles. The van der Waals surface area contributed by atoms with Gasteiger partial charge in [0, 0.05) is 52.0 Å². The number of para-hydroxylation sites is 2. The molecule has 7 rings (SSSR count). The molecular formula is C34H25ClN4O2. The number of carbonyl (C=O) groups is 2. The molecule has 1 amide bonds. The normalized spacial score (nSPS) is 20.0. The highest BCUT2D eigenvalue weighted by Gasteiger charge is 2.62. The molecular weight excluding hydrogens is 532 g/mol. The molecule has 7 heteroatoms. The third kappa shape index (κ3) is 3.56. The van der Waals surface area contributed by atoms with Gasteiger partial charge in [-0.3, -0.25) is 14.5 Å². The van der Waals surface area contributed by atoms with E-state index in [2.05, 4.69) is 6.07 Å². The number of anilines is 2. The molecule has 0 saturated heterocycles. The second-order valence-electron chi connectivity index (χ2n) is 10.4. The van der Waals surface area contributed by atoms with Crippen LogP contribution in [0.1, 0.15) is 30.4 Å². The van der Waals surface area contributed by atoms with E-state index in [1.165, 1.54) is 0 Å². The Balaban J connectivity index is 1.57. The van der Waals surface area contributed by atoms with Gasteiger partial charge in [-0.25, -0.2) is 0 Å². The van der Waals surface area contributed by atoms with Gasteiger partial charge >= 0.3 is 0 Å². The number of ketones is 1. The standard InChI is InChI=1S/C34H25ClN4O2/c35-27-15-6-4-11-23(27)22-38-28-16-7-5-14-25(28)34(33(38)41)26(21-36)32(37-19-8-9-20-37)39(24-12-2-1-3-13-24)29-17-10-18-30(40)31(29)34/h1-9,11-16,19-20H,10,17-18,22H2/t34-/m1/s1. The Morgan fingerprint density at radius 3 is 2.32 bits per heavy atom. The van der Waals surface area contributed by atoms with Crippen LogP contribution in [0.25, 0.3) is 5.82 Å². The monoisotopic (exact) mass is 556 g/mol. The molecule has 0 N–H and O–H groups in total. The molecule has 41 heavy (non-hydrogen) atoms.